The van der Waals surface area contributed by atoms with Gasteiger partial charge in [0.2, 0.25) is 0 Å². The molecular formula is C12H10F4O2. The largest absolute Gasteiger partial charge is 0.478 e. The second kappa shape index (κ2) is 3.70. The van der Waals surface area contributed by atoms with Crippen LogP contribution in [0.25, 0.3) is 0 Å². The Morgan fingerprint density at radius 2 is 1.89 bits per heavy atom. The molecule has 6 heteroatoms. The molecule has 0 amide bonds. The lowest BCUT2D eigenvalue weighted by atomic mass is 9.88. The number of hydrogen-bond acceptors (Lipinski definition) is 1. The summed E-state index contributed by atoms with van der Waals surface area (Å²) < 4.78 is 52.2. The van der Waals surface area contributed by atoms with Crippen molar-refractivity contribution in [2.45, 2.75) is 31.4 Å². The molecule has 0 atom stereocenters. The summed E-state index contributed by atoms with van der Waals surface area (Å²) in [5, 5.41) is 8.99. The van der Waals surface area contributed by atoms with Crippen LogP contribution in [-0.4, -0.2) is 17.3 Å². The Labute approximate surface area is 100 Å². The summed E-state index contributed by atoms with van der Waals surface area (Å²) in [6.07, 6.45) is -4.81. The molecule has 98 valence electrons. The van der Waals surface area contributed by atoms with Crippen LogP contribution >= 0.6 is 0 Å². The van der Waals surface area contributed by atoms with Crippen LogP contribution < -0.4 is 0 Å². The quantitative estimate of drug-likeness (QED) is 0.829. The van der Waals surface area contributed by atoms with Crippen molar-refractivity contribution in [3.63, 3.8) is 0 Å². The van der Waals surface area contributed by atoms with Gasteiger partial charge in [-0.05, 0) is 37.0 Å². The van der Waals surface area contributed by atoms with Gasteiger partial charge >= 0.3 is 12.1 Å². The third-order valence-electron chi connectivity index (χ3n) is 3.42. The highest BCUT2D eigenvalue weighted by molar-refractivity contribution is 5.92. The van der Waals surface area contributed by atoms with E-state index in [9.17, 15) is 22.4 Å². The Bertz CT molecular complexity index is 516. The fourth-order valence-corrected chi connectivity index (χ4v) is 2.19. The summed E-state index contributed by atoms with van der Waals surface area (Å²) in [6.45, 7) is 1.18. The molecule has 0 spiro atoms. The molecule has 0 radical (unpaired) electrons. The second-order valence-electron chi connectivity index (χ2n) is 4.48. The Balaban J connectivity index is 2.67. The van der Waals surface area contributed by atoms with Gasteiger partial charge in [-0.3, -0.25) is 0 Å². The molecule has 2 nitrogen and oxygen atoms in total. The molecule has 1 aromatic carbocycles. The molecular weight excluding hydrogens is 252 g/mol. The van der Waals surface area contributed by atoms with Gasteiger partial charge in [0.15, 0.2) is 0 Å². The summed E-state index contributed by atoms with van der Waals surface area (Å²) in [5.74, 6) is -2.34. The van der Waals surface area contributed by atoms with Crippen molar-refractivity contribution in [1.29, 1.82) is 0 Å². The van der Waals surface area contributed by atoms with E-state index in [1.807, 2.05) is 0 Å². The van der Waals surface area contributed by atoms with Crippen LogP contribution in [0.1, 0.15) is 34.3 Å². The number of rotatable bonds is 2. The van der Waals surface area contributed by atoms with Crippen molar-refractivity contribution in [1.82, 2.24) is 0 Å². The minimum Gasteiger partial charge on any atom is -0.478 e. The first-order valence-electron chi connectivity index (χ1n) is 5.30. The Kier molecular flexibility index (Phi) is 2.64. The molecule has 1 saturated carbocycles. The van der Waals surface area contributed by atoms with Crippen LogP contribution in [0.5, 0.6) is 0 Å². The number of carbonyl (C=O) groups is 1. The molecule has 1 aliphatic carbocycles. The fourth-order valence-electron chi connectivity index (χ4n) is 2.19. The van der Waals surface area contributed by atoms with Crippen LogP contribution in [0.4, 0.5) is 17.6 Å². The van der Waals surface area contributed by atoms with Crippen LogP contribution in [-0.2, 0) is 5.41 Å². The summed E-state index contributed by atoms with van der Waals surface area (Å²) >= 11 is 0. The van der Waals surface area contributed by atoms with Crippen LogP contribution in [0.15, 0.2) is 12.1 Å². The van der Waals surface area contributed by atoms with E-state index < -0.39 is 28.9 Å². The van der Waals surface area contributed by atoms with Crippen LogP contribution in [0.3, 0.4) is 0 Å². The summed E-state index contributed by atoms with van der Waals surface area (Å²) in [6, 6.07) is 1.83. The number of aromatic carboxylic acids is 1. The number of carboxylic acids is 1. The van der Waals surface area contributed by atoms with Crippen molar-refractivity contribution in [3.05, 3.63) is 34.6 Å². The maximum Gasteiger partial charge on any atom is 0.398 e. The standard InChI is InChI=1S/C12H10F4O2/c1-6-8(13)3-2-7(9(6)10(17)18)11(4-5-11)12(14,15)16/h2-3H,4-5H2,1H3,(H,17,18). The van der Waals surface area contributed by atoms with E-state index in [0.717, 1.165) is 12.1 Å². The molecule has 0 aromatic heterocycles. The van der Waals surface area contributed by atoms with Crippen molar-refractivity contribution >= 4 is 5.97 Å². The van der Waals surface area contributed by atoms with Gasteiger partial charge in [-0.1, -0.05) is 6.07 Å². The lowest BCUT2D eigenvalue weighted by Crippen LogP contribution is -2.31. The van der Waals surface area contributed by atoms with Gasteiger partial charge in [-0.25, -0.2) is 9.18 Å². The molecule has 0 unspecified atom stereocenters. The Hall–Kier alpha value is -1.59. The number of carboxylic acid groups (broad SMARTS) is 1. The van der Waals surface area contributed by atoms with Gasteiger partial charge in [0, 0.05) is 0 Å². The second-order valence-corrected chi connectivity index (χ2v) is 4.48. The molecule has 18 heavy (non-hydrogen) atoms. The molecule has 1 aliphatic rings. The molecule has 1 aromatic rings. The van der Waals surface area contributed by atoms with E-state index in [1.165, 1.54) is 6.92 Å². The van der Waals surface area contributed by atoms with E-state index in [1.54, 1.807) is 0 Å². The summed E-state index contributed by atoms with van der Waals surface area (Å²) in [7, 11) is 0. The third kappa shape index (κ3) is 1.67. The molecule has 0 bridgehead atoms. The number of benzene rings is 1. The Morgan fingerprint density at radius 1 is 1.33 bits per heavy atom. The number of hydrogen-bond donors (Lipinski definition) is 1. The van der Waals surface area contributed by atoms with Crippen molar-refractivity contribution < 1.29 is 27.5 Å². The zero-order chi connectivity index (χ0) is 13.7. The molecule has 0 saturated heterocycles. The van der Waals surface area contributed by atoms with Crippen molar-refractivity contribution in [2.75, 3.05) is 0 Å². The lowest BCUT2D eigenvalue weighted by molar-refractivity contribution is -0.160. The van der Waals surface area contributed by atoms with E-state index in [4.69, 9.17) is 5.11 Å². The molecule has 0 heterocycles. The van der Waals surface area contributed by atoms with E-state index in [-0.39, 0.29) is 24.0 Å². The first-order chi connectivity index (χ1) is 8.21. The zero-order valence-corrected chi connectivity index (χ0v) is 9.44. The van der Waals surface area contributed by atoms with Gasteiger partial charge in [-0.15, -0.1) is 0 Å². The first kappa shape index (κ1) is 12.9. The van der Waals surface area contributed by atoms with Crippen molar-refractivity contribution in [3.8, 4) is 0 Å². The predicted molar refractivity (Wildman–Crippen MR) is 55.1 cm³/mol. The maximum absolute atomic E-state index is 13.3. The molecule has 0 aliphatic heterocycles. The average Bonchev–Trinajstić information content (AvgIpc) is 3.01. The zero-order valence-electron chi connectivity index (χ0n) is 9.44. The highest BCUT2D eigenvalue weighted by Gasteiger charge is 2.65. The number of halogens is 4. The topological polar surface area (TPSA) is 37.3 Å². The normalized spacial score (nSPS) is 17.6. The van der Waals surface area contributed by atoms with E-state index in [0.29, 0.717) is 0 Å². The van der Waals surface area contributed by atoms with E-state index >= 15 is 0 Å². The average molecular weight is 262 g/mol. The summed E-state index contributed by atoms with van der Waals surface area (Å²) in [4.78, 5) is 11.1. The van der Waals surface area contributed by atoms with Gasteiger partial charge in [0.25, 0.3) is 0 Å². The summed E-state index contributed by atoms with van der Waals surface area (Å²) in [5.41, 5.74) is -3.26. The molecule has 1 N–H and O–H groups in total. The number of alkyl halides is 3. The third-order valence-corrected chi connectivity index (χ3v) is 3.42. The SMILES string of the molecule is Cc1c(F)ccc(C2(C(F)(F)F)CC2)c1C(=O)O. The minimum atomic E-state index is -4.51. The first-order valence-corrected chi connectivity index (χ1v) is 5.30. The van der Waals surface area contributed by atoms with Crippen LogP contribution in [0.2, 0.25) is 0 Å². The molecule has 1 fully saturated rings. The van der Waals surface area contributed by atoms with Gasteiger partial charge in [0.1, 0.15) is 5.82 Å². The minimum absolute atomic E-state index is 0.151. The van der Waals surface area contributed by atoms with E-state index in [2.05, 4.69) is 0 Å². The smallest absolute Gasteiger partial charge is 0.398 e. The fraction of sp³-hybridized carbons (Fsp3) is 0.417. The lowest BCUT2D eigenvalue weighted by Gasteiger charge is -2.22. The predicted octanol–water partition coefficient (Wildman–Crippen LogP) is 3.43. The highest BCUT2D eigenvalue weighted by Crippen LogP contribution is 2.59. The molecule has 2 rings (SSSR count). The van der Waals surface area contributed by atoms with Gasteiger partial charge in [0.05, 0.1) is 11.0 Å². The van der Waals surface area contributed by atoms with Gasteiger partial charge in [-0.2, -0.15) is 13.2 Å². The van der Waals surface area contributed by atoms with Crippen LogP contribution in [0, 0.1) is 12.7 Å². The van der Waals surface area contributed by atoms with Gasteiger partial charge < -0.3 is 5.11 Å². The maximum atomic E-state index is 13.3. The monoisotopic (exact) mass is 262 g/mol. The Morgan fingerprint density at radius 3 is 2.28 bits per heavy atom. The highest BCUT2D eigenvalue weighted by atomic mass is 19.4. The van der Waals surface area contributed by atoms with Crippen molar-refractivity contribution in [2.24, 2.45) is 0 Å².